The van der Waals surface area contributed by atoms with Crippen LogP contribution in [0.1, 0.15) is 23.3 Å². The lowest BCUT2D eigenvalue weighted by molar-refractivity contribution is 0.0524. The number of aromatic nitrogens is 1. The van der Waals surface area contributed by atoms with Crippen LogP contribution in [0.2, 0.25) is 0 Å². The largest absolute Gasteiger partial charge is 0.462 e. The molecule has 0 unspecified atom stereocenters. The van der Waals surface area contributed by atoms with Crippen LogP contribution in [-0.2, 0) is 4.74 Å². The molecule has 0 bridgehead atoms. The molecule has 1 aromatic carbocycles. The number of ether oxygens (including phenoxy) is 1. The predicted octanol–water partition coefficient (Wildman–Crippen LogP) is 2.52. The number of rotatable bonds is 3. The molecule has 1 aliphatic heterocycles. The maximum absolute atomic E-state index is 12.8. The Morgan fingerprint density at radius 1 is 1.33 bits per heavy atom. The highest BCUT2D eigenvalue weighted by Crippen LogP contribution is 2.55. The van der Waals surface area contributed by atoms with Crippen molar-refractivity contribution in [1.29, 1.82) is 0 Å². The minimum atomic E-state index is -0.528. The average Bonchev–Trinajstić information content (AvgIpc) is 3.04. The monoisotopic (exact) mass is 438 g/mol. The smallest absolute Gasteiger partial charge is 0.343 e. The van der Waals surface area contributed by atoms with E-state index < -0.39 is 5.97 Å². The Morgan fingerprint density at radius 3 is 2.71 bits per heavy atom. The van der Waals surface area contributed by atoms with Crippen LogP contribution in [0.4, 0.5) is 0 Å². The molecule has 0 spiro atoms. The fourth-order valence-electron chi connectivity index (χ4n) is 4.05. The van der Waals surface area contributed by atoms with E-state index in [1.54, 1.807) is 13.1 Å². The average molecular weight is 438 g/mol. The van der Waals surface area contributed by atoms with Crippen LogP contribution in [0, 0.1) is 15.4 Å². The van der Waals surface area contributed by atoms with E-state index in [-0.39, 0.29) is 17.6 Å². The topological polar surface area (TPSA) is 51.5 Å². The van der Waals surface area contributed by atoms with Crippen LogP contribution in [0.3, 0.4) is 0 Å². The van der Waals surface area contributed by atoms with Gasteiger partial charge in [0.2, 0.25) is 5.43 Å². The van der Waals surface area contributed by atoms with E-state index in [1.807, 2.05) is 18.2 Å². The molecular weight excluding hydrogens is 419 g/mol. The van der Waals surface area contributed by atoms with E-state index in [0.717, 1.165) is 22.2 Å². The van der Waals surface area contributed by atoms with Gasteiger partial charge in [-0.15, -0.1) is 0 Å². The van der Waals surface area contributed by atoms with Crippen molar-refractivity contribution in [3.63, 3.8) is 0 Å². The van der Waals surface area contributed by atoms with Crippen molar-refractivity contribution in [2.75, 3.05) is 26.7 Å². The highest BCUT2D eigenvalue weighted by molar-refractivity contribution is 14.1. The molecule has 2 aromatic rings. The van der Waals surface area contributed by atoms with E-state index in [4.69, 9.17) is 4.74 Å². The van der Waals surface area contributed by atoms with Crippen molar-refractivity contribution in [3.8, 4) is 0 Å². The normalized spacial score (nSPS) is 25.7. The van der Waals surface area contributed by atoms with Gasteiger partial charge in [0, 0.05) is 34.3 Å². The van der Waals surface area contributed by atoms with Crippen molar-refractivity contribution < 1.29 is 9.53 Å². The van der Waals surface area contributed by atoms with Gasteiger partial charge in [0.1, 0.15) is 5.56 Å². The van der Waals surface area contributed by atoms with Crippen molar-refractivity contribution >= 4 is 39.5 Å². The van der Waals surface area contributed by atoms with Gasteiger partial charge in [-0.2, -0.15) is 0 Å². The Kier molecular flexibility index (Phi) is 3.91. The first kappa shape index (κ1) is 16.1. The maximum atomic E-state index is 12.8. The first-order chi connectivity index (χ1) is 11.5. The zero-order valence-corrected chi connectivity index (χ0v) is 15.8. The summed E-state index contributed by atoms with van der Waals surface area (Å²) in [5.41, 5.74) is 0.821. The molecule has 0 N–H and O–H groups in total. The molecular formula is C18H19IN2O3. The van der Waals surface area contributed by atoms with Gasteiger partial charge in [-0.1, -0.05) is 0 Å². The third kappa shape index (κ3) is 2.47. The Balaban J connectivity index is 1.88. The highest BCUT2D eigenvalue weighted by atomic mass is 127. The minimum Gasteiger partial charge on any atom is -0.462 e. The Labute approximate surface area is 153 Å². The molecule has 24 heavy (non-hydrogen) atoms. The third-order valence-electron chi connectivity index (χ3n) is 5.14. The number of likely N-dealkylation sites (tertiary alicyclic amines) is 1. The van der Waals surface area contributed by atoms with Crippen molar-refractivity contribution in [2.45, 2.75) is 13.0 Å². The standard InChI is InChI=1S/C18H19IN2O3/c1-3-24-18(23)14-9-21(16-12-7-20(2)8-13(12)16)15-5-4-10(19)6-11(15)17(14)22/h4-6,9,12-13,16H,3,7-8H2,1-2H3/t12-,13+,16+. The number of nitrogens with zero attached hydrogens (tertiary/aromatic N) is 2. The molecule has 1 aliphatic carbocycles. The lowest BCUT2D eigenvalue weighted by atomic mass is 10.1. The molecule has 0 radical (unpaired) electrons. The van der Waals surface area contributed by atoms with E-state index in [2.05, 4.69) is 39.1 Å². The molecule has 1 aromatic heterocycles. The number of pyridine rings is 1. The molecule has 2 heterocycles. The summed E-state index contributed by atoms with van der Waals surface area (Å²) in [6, 6.07) is 6.23. The summed E-state index contributed by atoms with van der Waals surface area (Å²) in [6.45, 7) is 4.16. The van der Waals surface area contributed by atoms with Crippen molar-refractivity contribution in [3.05, 3.63) is 43.8 Å². The Bertz CT molecular complexity index is 880. The van der Waals surface area contributed by atoms with Gasteiger partial charge < -0.3 is 14.2 Å². The number of carbonyl (C=O) groups is 1. The second-order valence-electron chi connectivity index (χ2n) is 6.70. The van der Waals surface area contributed by atoms with E-state index >= 15 is 0 Å². The van der Waals surface area contributed by atoms with Gasteiger partial charge in [0.15, 0.2) is 0 Å². The number of benzene rings is 1. The molecule has 1 saturated heterocycles. The molecule has 126 valence electrons. The fourth-order valence-corrected chi connectivity index (χ4v) is 4.54. The zero-order valence-electron chi connectivity index (χ0n) is 13.7. The number of carbonyl (C=O) groups excluding carboxylic acids is 1. The summed E-state index contributed by atoms with van der Waals surface area (Å²) in [6.07, 6.45) is 1.72. The number of hydrogen-bond acceptors (Lipinski definition) is 4. The van der Waals surface area contributed by atoms with Gasteiger partial charge in [0.25, 0.3) is 0 Å². The molecule has 3 atom stereocenters. The fraction of sp³-hybridized carbons (Fsp3) is 0.444. The lowest BCUT2D eigenvalue weighted by Crippen LogP contribution is -2.24. The van der Waals surface area contributed by atoms with Crippen LogP contribution in [0.25, 0.3) is 10.9 Å². The van der Waals surface area contributed by atoms with Crippen LogP contribution in [0.15, 0.2) is 29.2 Å². The number of halogens is 1. The maximum Gasteiger partial charge on any atom is 0.343 e. The van der Waals surface area contributed by atoms with Gasteiger partial charge in [-0.25, -0.2) is 4.79 Å². The molecule has 5 nitrogen and oxygen atoms in total. The summed E-state index contributed by atoms with van der Waals surface area (Å²) in [4.78, 5) is 27.3. The lowest BCUT2D eigenvalue weighted by Gasteiger charge is -2.18. The molecule has 4 rings (SSSR count). The second kappa shape index (κ2) is 5.84. The first-order valence-corrected chi connectivity index (χ1v) is 9.29. The molecule has 2 fully saturated rings. The minimum absolute atomic E-state index is 0.143. The van der Waals surface area contributed by atoms with Gasteiger partial charge in [-0.05, 0) is 66.6 Å². The number of hydrogen-bond donors (Lipinski definition) is 0. The molecule has 1 saturated carbocycles. The number of fused-ring (bicyclic) bond motifs is 2. The molecule has 0 amide bonds. The number of esters is 1. The van der Waals surface area contributed by atoms with Gasteiger partial charge >= 0.3 is 5.97 Å². The predicted molar refractivity (Wildman–Crippen MR) is 100 cm³/mol. The van der Waals surface area contributed by atoms with E-state index in [1.165, 1.54) is 0 Å². The molecule has 6 heteroatoms. The Morgan fingerprint density at radius 2 is 2.04 bits per heavy atom. The second-order valence-corrected chi connectivity index (χ2v) is 7.95. The van der Waals surface area contributed by atoms with Crippen molar-refractivity contribution in [1.82, 2.24) is 9.47 Å². The van der Waals surface area contributed by atoms with Crippen LogP contribution < -0.4 is 5.43 Å². The first-order valence-electron chi connectivity index (χ1n) is 8.21. The summed E-state index contributed by atoms with van der Waals surface area (Å²) in [5.74, 6) is 0.685. The third-order valence-corrected chi connectivity index (χ3v) is 5.81. The summed E-state index contributed by atoms with van der Waals surface area (Å²) < 4.78 is 8.22. The van der Waals surface area contributed by atoms with E-state index in [9.17, 15) is 9.59 Å². The Hall–Kier alpha value is -1.41. The SMILES string of the molecule is CCOC(=O)c1cn([C@H]2[C@@H]3CN(C)C[C@@H]32)c2ccc(I)cc2c1=O. The van der Waals surface area contributed by atoms with Gasteiger partial charge in [0.05, 0.1) is 12.1 Å². The van der Waals surface area contributed by atoms with Crippen molar-refractivity contribution in [2.24, 2.45) is 11.8 Å². The number of piperidine rings is 1. The quantitative estimate of drug-likeness (QED) is 0.546. The summed E-state index contributed by atoms with van der Waals surface area (Å²) in [7, 11) is 2.14. The van der Waals surface area contributed by atoms with Crippen LogP contribution in [0.5, 0.6) is 0 Å². The molecule has 2 aliphatic rings. The van der Waals surface area contributed by atoms with Gasteiger partial charge in [-0.3, -0.25) is 4.79 Å². The van der Waals surface area contributed by atoms with E-state index in [0.29, 0.717) is 23.3 Å². The summed E-state index contributed by atoms with van der Waals surface area (Å²) in [5, 5.41) is 0.603. The van der Waals surface area contributed by atoms with Crippen LogP contribution in [-0.4, -0.2) is 42.2 Å². The zero-order chi connectivity index (χ0) is 17.0. The van der Waals surface area contributed by atoms with Crippen LogP contribution >= 0.6 is 22.6 Å². The highest BCUT2D eigenvalue weighted by Gasteiger charge is 2.56. The summed E-state index contributed by atoms with van der Waals surface area (Å²) >= 11 is 2.19.